The summed E-state index contributed by atoms with van der Waals surface area (Å²) in [6, 6.07) is 12.7. The number of anilines is 1. The minimum atomic E-state index is -0.491. The SMILES string of the molecule is CCCCCCCCOc1c(Cl)cc(C=C(C#N)C(=O)Nc2ccc(C)cc2)cc1OC. The zero-order valence-corrected chi connectivity index (χ0v) is 19.8. The van der Waals surface area contributed by atoms with E-state index in [0.29, 0.717) is 34.4 Å². The molecule has 0 aliphatic rings. The van der Waals surface area contributed by atoms with Crippen LogP contribution in [0.4, 0.5) is 5.69 Å². The lowest BCUT2D eigenvalue weighted by Crippen LogP contribution is -2.13. The van der Waals surface area contributed by atoms with E-state index in [9.17, 15) is 10.1 Å². The van der Waals surface area contributed by atoms with E-state index in [4.69, 9.17) is 21.1 Å². The number of halogens is 1. The van der Waals surface area contributed by atoms with Crippen LogP contribution >= 0.6 is 11.6 Å². The summed E-state index contributed by atoms with van der Waals surface area (Å²) in [4.78, 5) is 12.5. The summed E-state index contributed by atoms with van der Waals surface area (Å²) >= 11 is 6.43. The summed E-state index contributed by atoms with van der Waals surface area (Å²) in [6.07, 6.45) is 8.49. The normalized spacial score (nSPS) is 11.0. The summed E-state index contributed by atoms with van der Waals surface area (Å²) < 4.78 is 11.3. The first kappa shape index (κ1) is 25.3. The maximum Gasteiger partial charge on any atom is 0.266 e. The third kappa shape index (κ3) is 7.94. The number of nitrogens with zero attached hydrogens (tertiary/aromatic N) is 1. The van der Waals surface area contributed by atoms with E-state index in [1.54, 1.807) is 24.3 Å². The van der Waals surface area contributed by atoms with Gasteiger partial charge in [-0.25, -0.2) is 0 Å². The topological polar surface area (TPSA) is 71.3 Å². The molecule has 0 saturated heterocycles. The Morgan fingerprint density at radius 2 is 1.81 bits per heavy atom. The minimum Gasteiger partial charge on any atom is -0.493 e. The molecule has 2 aromatic rings. The summed E-state index contributed by atoms with van der Waals surface area (Å²) in [6.45, 7) is 4.72. The van der Waals surface area contributed by atoms with Gasteiger partial charge in [0.2, 0.25) is 0 Å². The van der Waals surface area contributed by atoms with Crippen LogP contribution in [0.15, 0.2) is 42.0 Å². The summed E-state index contributed by atoms with van der Waals surface area (Å²) in [5.74, 6) is 0.447. The Kier molecular flexibility index (Phi) is 10.6. The van der Waals surface area contributed by atoms with Gasteiger partial charge >= 0.3 is 0 Å². The van der Waals surface area contributed by atoms with Crippen molar-refractivity contribution in [2.45, 2.75) is 52.4 Å². The largest absolute Gasteiger partial charge is 0.493 e. The average Bonchev–Trinajstić information content (AvgIpc) is 2.79. The van der Waals surface area contributed by atoms with Crippen molar-refractivity contribution in [2.24, 2.45) is 0 Å². The van der Waals surface area contributed by atoms with Gasteiger partial charge in [-0.2, -0.15) is 5.26 Å². The summed E-state index contributed by atoms with van der Waals surface area (Å²) in [5.41, 5.74) is 2.24. The number of carbonyl (C=O) groups is 1. The Balaban J connectivity index is 2.07. The third-order valence-corrected chi connectivity index (χ3v) is 5.26. The number of rotatable bonds is 12. The number of carbonyl (C=O) groups excluding carboxylic acids is 1. The number of aryl methyl sites for hydroxylation is 1. The van der Waals surface area contributed by atoms with Gasteiger partial charge in [-0.15, -0.1) is 0 Å². The highest BCUT2D eigenvalue weighted by atomic mass is 35.5. The van der Waals surface area contributed by atoms with Crippen LogP contribution in [-0.4, -0.2) is 19.6 Å². The third-order valence-electron chi connectivity index (χ3n) is 4.98. The molecule has 0 saturated carbocycles. The van der Waals surface area contributed by atoms with Crippen LogP contribution in [-0.2, 0) is 4.79 Å². The van der Waals surface area contributed by atoms with Crippen LogP contribution in [0.3, 0.4) is 0 Å². The fourth-order valence-corrected chi connectivity index (χ4v) is 3.44. The van der Waals surface area contributed by atoms with Crippen LogP contribution in [0.5, 0.6) is 11.5 Å². The van der Waals surface area contributed by atoms with Crippen molar-refractivity contribution < 1.29 is 14.3 Å². The molecular weight excluding hydrogens is 424 g/mol. The van der Waals surface area contributed by atoms with Crippen LogP contribution in [0.2, 0.25) is 5.02 Å². The molecule has 0 aromatic heterocycles. The van der Waals surface area contributed by atoms with Crippen molar-refractivity contribution >= 4 is 29.3 Å². The van der Waals surface area contributed by atoms with Gasteiger partial charge in [0, 0.05) is 5.69 Å². The van der Waals surface area contributed by atoms with E-state index in [-0.39, 0.29) is 5.57 Å². The molecule has 170 valence electrons. The lowest BCUT2D eigenvalue weighted by molar-refractivity contribution is -0.112. The number of ether oxygens (including phenoxy) is 2. The van der Waals surface area contributed by atoms with Gasteiger partial charge in [0.05, 0.1) is 18.7 Å². The highest BCUT2D eigenvalue weighted by molar-refractivity contribution is 6.32. The van der Waals surface area contributed by atoms with Crippen LogP contribution < -0.4 is 14.8 Å². The Hall–Kier alpha value is -2.97. The highest BCUT2D eigenvalue weighted by Crippen LogP contribution is 2.37. The van der Waals surface area contributed by atoms with E-state index in [2.05, 4.69) is 12.2 Å². The van der Waals surface area contributed by atoms with Crippen LogP contribution in [0.25, 0.3) is 6.08 Å². The molecule has 0 fully saturated rings. The first-order valence-electron chi connectivity index (χ1n) is 11.0. The number of hydrogen-bond donors (Lipinski definition) is 1. The number of methoxy groups -OCH3 is 1. The zero-order chi connectivity index (χ0) is 23.3. The lowest BCUT2D eigenvalue weighted by atomic mass is 10.1. The van der Waals surface area contributed by atoms with Crippen molar-refractivity contribution in [3.8, 4) is 17.6 Å². The van der Waals surface area contributed by atoms with E-state index in [0.717, 1.165) is 18.4 Å². The molecule has 6 heteroatoms. The van der Waals surface area contributed by atoms with E-state index in [1.807, 2.05) is 25.1 Å². The smallest absolute Gasteiger partial charge is 0.266 e. The number of benzene rings is 2. The van der Waals surface area contributed by atoms with Crippen molar-refractivity contribution in [3.05, 3.63) is 58.1 Å². The number of nitrogens with one attached hydrogen (secondary N) is 1. The second kappa shape index (κ2) is 13.4. The van der Waals surface area contributed by atoms with Crippen LogP contribution in [0.1, 0.15) is 56.6 Å². The lowest BCUT2D eigenvalue weighted by Gasteiger charge is -2.13. The fraction of sp³-hybridized carbons (Fsp3) is 0.385. The number of nitriles is 1. The molecule has 2 aromatic carbocycles. The molecule has 0 aliphatic heterocycles. The quantitative estimate of drug-likeness (QED) is 0.214. The predicted octanol–water partition coefficient (Wildman–Crippen LogP) is 6.94. The molecule has 0 bridgehead atoms. The molecule has 0 radical (unpaired) electrons. The van der Waals surface area contributed by atoms with E-state index < -0.39 is 5.91 Å². The van der Waals surface area contributed by atoms with E-state index >= 15 is 0 Å². The molecule has 0 atom stereocenters. The van der Waals surface area contributed by atoms with Gasteiger partial charge in [-0.1, -0.05) is 68.3 Å². The monoisotopic (exact) mass is 454 g/mol. The zero-order valence-electron chi connectivity index (χ0n) is 19.0. The minimum absolute atomic E-state index is 0.0376. The number of hydrogen-bond acceptors (Lipinski definition) is 4. The summed E-state index contributed by atoms with van der Waals surface area (Å²) in [7, 11) is 1.53. The molecule has 0 aliphatic carbocycles. The van der Waals surface area contributed by atoms with Gasteiger partial charge < -0.3 is 14.8 Å². The first-order valence-corrected chi connectivity index (χ1v) is 11.4. The predicted molar refractivity (Wildman–Crippen MR) is 130 cm³/mol. The Bertz CT molecular complexity index is 962. The van der Waals surface area contributed by atoms with Gasteiger partial charge in [-0.05, 0) is 49.2 Å². The molecule has 1 amide bonds. The van der Waals surface area contributed by atoms with E-state index in [1.165, 1.54) is 38.9 Å². The first-order chi connectivity index (χ1) is 15.5. The van der Waals surface area contributed by atoms with Gasteiger partial charge in [-0.3, -0.25) is 4.79 Å². The Morgan fingerprint density at radius 1 is 1.12 bits per heavy atom. The second-order valence-electron chi connectivity index (χ2n) is 7.64. The maximum absolute atomic E-state index is 12.5. The van der Waals surface area contributed by atoms with Gasteiger partial charge in [0.15, 0.2) is 11.5 Å². The van der Waals surface area contributed by atoms with Gasteiger partial charge in [0.25, 0.3) is 5.91 Å². The van der Waals surface area contributed by atoms with Gasteiger partial charge in [0.1, 0.15) is 11.6 Å². The van der Waals surface area contributed by atoms with Crippen molar-refractivity contribution in [1.82, 2.24) is 0 Å². The molecule has 0 heterocycles. The second-order valence-corrected chi connectivity index (χ2v) is 8.05. The van der Waals surface area contributed by atoms with Crippen molar-refractivity contribution in [2.75, 3.05) is 19.0 Å². The standard InChI is InChI=1S/C26H31ClN2O3/c1-4-5-6-7-8-9-14-32-25-23(27)16-20(17-24(25)31-3)15-21(18-28)26(30)29-22-12-10-19(2)11-13-22/h10-13,15-17H,4-9,14H2,1-3H3,(H,29,30). The number of unbranched alkanes of at least 4 members (excludes halogenated alkanes) is 5. The maximum atomic E-state index is 12.5. The highest BCUT2D eigenvalue weighted by Gasteiger charge is 2.14. The molecule has 0 unspecified atom stereocenters. The average molecular weight is 455 g/mol. The molecule has 2 rings (SSSR count). The molecule has 0 spiro atoms. The Labute approximate surface area is 196 Å². The summed E-state index contributed by atoms with van der Waals surface area (Å²) in [5, 5.41) is 12.6. The molecule has 1 N–H and O–H groups in total. The Morgan fingerprint density at radius 3 is 2.47 bits per heavy atom. The van der Waals surface area contributed by atoms with Crippen molar-refractivity contribution in [3.63, 3.8) is 0 Å². The molecule has 32 heavy (non-hydrogen) atoms. The molecule has 5 nitrogen and oxygen atoms in total. The fourth-order valence-electron chi connectivity index (χ4n) is 3.17. The van der Waals surface area contributed by atoms with Crippen LogP contribution in [0, 0.1) is 18.3 Å². The van der Waals surface area contributed by atoms with Crippen molar-refractivity contribution in [1.29, 1.82) is 5.26 Å². The molecular formula is C26H31ClN2O3. The number of amides is 1.